The first-order valence-corrected chi connectivity index (χ1v) is 4.87. The normalized spacial score (nSPS) is 10.1. The Labute approximate surface area is 92.5 Å². The van der Waals surface area contributed by atoms with Crippen molar-refractivity contribution in [3.05, 3.63) is 58.6 Å². The molecule has 0 aliphatic heterocycles. The summed E-state index contributed by atoms with van der Waals surface area (Å²) in [6.45, 7) is 0.440. The van der Waals surface area contributed by atoms with E-state index >= 15 is 0 Å². The number of nitrogen functional groups attached to an aromatic ring is 1. The van der Waals surface area contributed by atoms with Gasteiger partial charge in [-0.25, -0.2) is 10.8 Å². The molecule has 0 aliphatic rings. The first-order valence-electron chi connectivity index (χ1n) is 4.87. The maximum Gasteiger partial charge on any atom is 0.250 e. The monoisotopic (exact) mass is 216 g/mol. The summed E-state index contributed by atoms with van der Waals surface area (Å²) >= 11 is 0. The summed E-state index contributed by atoms with van der Waals surface area (Å²) in [6, 6.07) is 10.5. The zero-order valence-electron chi connectivity index (χ0n) is 8.63. The zero-order valence-corrected chi connectivity index (χ0v) is 8.63. The van der Waals surface area contributed by atoms with Crippen LogP contribution in [0.3, 0.4) is 0 Å². The van der Waals surface area contributed by atoms with Gasteiger partial charge in [0.2, 0.25) is 0 Å². The third kappa shape index (κ3) is 2.26. The molecule has 0 saturated heterocycles. The summed E-state index contributed by atoms with van der Waals surface area (Å²) in [5, 5.41) is 0. The summed E-state index contributed by atoms with van der Waals surface area (Å²) in [4.78, 5) is 15.7. The highest BCUT2D eigenvalue weighted by Gasteiger charge is 1.99. The van der Waals surface area contributed by atoms with Crippen molar-refractivity contribution in [1.82, 2.24) is 9.55 Å². The van der Waals surface area contributed by atoms with Gasteiger partial charge in [-0.2, -0.15) is 0 Å². The molecule has 0 saturated carbocycles. The first kappa shape index (κ1) is 10.4. The lowest BCUT2D eigenvalue weighted by Gasteiger charge is -2.05. The zero-order chi connectivity index (χ0) is 11.4. The lowest BCUT2D eigenvalue weighted by Crippen LogP contribution is -2.19. The Morgan fingerprint density at radius 1 is 1.25 bits per heavy atom. The van der Waals surface area contributed by atoms with Gasteiger partial charge in [0.25, 0.3) is 5.56 Å². The van der Waals surface area contributed by atoms with Gasteiger partial charge in [-0.3, -0.25) is 4.79 Å². The molecular formula is C11H12N4O. The van der Waals surface area contributed by atoms with Gasteiger partial charge < -0.3 is 9.99 Å². The van der Waals surface area contributed by atoms with E-state index in [2.05, 4.69) is 10.4 Å². The number of nitrogens with one attached hydrogen (secondary N) is 1. The standard InChI is InChI=1S/C11H12N4O/c12-14-10-5-3-4-9(13-10)8-15-7-2-1-6-11(15)16/h1-7H,8,12H2,(H,13,14). The molecule has 0 aromatic carbocycles. The molecule has 82 valence electrons. The van der Waals surface area contributed by atoms with E-state index in [9.17, 15) is 4.79 Å². The quantitative estimate of drug-likeness (QED) is 0.581. The van der Waals surface area contributed by atoms with Crippen LogP contribution in [0.4, 0.5) is 5.82 Å². The molecule has 0 fully saturated rings. The van der Waals surface area contributed by atoms with Crippen LogP contribution in [0.1, 0.15) is 5.69 Å². The molecule has 0 bridgehead atoms. The molecule has 3 N–H and O–H groups in total. The summed E-state index contributed by atoms with van der Waals surface area (Å²) in [5.74, 6) is 5.85. The van der Waals surface area contributed by atoms with E-state index in [1.807, 2.05) is 18.2 Å². The number of pyridine rings is 2. The van der Waals surface area contributed by atoms with Crippen LogP contribution in [0.5, 0.6) is 0 Å². The van der Waals surface area contributed by atoms with Crippen LogP contribution in [0.25, 0.3) is 0 Å². The summed E-state index contributed by atoms with van der Waals surface area (Å²) < 4.78 is 1.59. The molecule has 16 heavy (non-hydrogen) atoms. The number of rotatable bonds is 3. The van der Waals surface area contributed by atoms with E-state index in [4.69, 9.17) is 5.84 Å². The van der Waals surface area contributed by atoms with Crippen molar-refractivity contribution in [2.24, 2.45) is 5.84 Å². The van der Waals surface area contributed by atoms with Crippen molar-refractivity contribution in [2.75, 3.05) is 5.43 Å². The molecule has 2 aromatic rings. The minimum absolute atomic E-state index is 0.0459. The van der Waals surface area contributed by atoms with Crippen LogP contribution in [-0.4, -0.2) is 9.55 Å². The topological polar surface area (TPSA) is 72.9 Å². The van der Waals surface area contributed by atoms with E-state index in [1.165, 1.54) is 6.07 Å². The van der Waals surface area contributed by atoms with Gasteiger partial charge in [-0.05, 0) is 18.2 Å². The van der Waals surface area contributed by atoms with Gasteiger partial charge in [0.05, 0.1) is 12.2 Å². The van der Waals surface area contributed by atoms with Crippen LogP contribution in [0, 0.1) is 0 Å². The Bertz CT molecular complexity index is 535. The second kappa shape index (κ2) is 4.59. The number of hydrazine groups is 1. The molecule has 2 rings (SSSR count). The molecule has 5 heteroatoms. The largest absolute Gasteiger partial charge is 0.310 e. The predicted octanol–water partition coefficient (Wildman–Crippen LogP) is 0.577. The molecule has 0 spiro atoms. The Kier molecular flexibility index (Phi) is 2.98. The number of hydrogen-bond donors (Lipinski definition) is 2. The molecule has 0 atom stereocenters. The van der Waals surface area contributed by atoms with Gasteiger partial charge in [-0.1, -0.05) is 12.1 Å². The van der Waals surface area contributed by atoms with Crippen LogP contribution < -0.4 is 16.8 Å². The minimum Gasteiger partial charge on any atom is -0.310 e. The van der Waals surface area contributed by atoms with Gasteiger partial charge in [0.1, 0.15) is 5.82 Å². The molecule has 0 aliphatic carbocycles. The van der Waals surface area contributed by atoms with Crippen molar-refractivity contribution in [2.45, 2.75) is 6.54 Å². The fourth-order valence-electron chi connectivity index (χ4n) is 1.41. The van der Waals surface area contributed by atoms with Gasteiger partial charge in [0, 0.05) is 12.3 Å². The van der Waals surface area contributed by atoms with Gasteiger partial charge in [0.15, 0.2) is 0 Å². The maximum absolute atomic E-state index is 11.5. The minimum atomic E-state index is -0.0459. The molecule has 0 radical (unpaired) electrons. The Hall–Kier alpha value is -2.14. The van der Waals surface area contributed by atoms with Crippen LogP contribution in [0.15, 0.2) is 47.4 Å². The SMILES string of the molecule is NNc1cccc(Cn2ccccc2=O)n1. The number of anilines is 1. The number of nitrogens with zero attached hydrogens (tertiary/aromatic N) is 2. The van der Waals surface area contributed by atoms with Crippen molar-refractivity contribution in [3.63, 3.8) is 0 Å². The Balaban J connectivity index is 2.27. The van der Waals surface area contributed by atoms with Crippen molar-refractivity contribution in [3.8, 4) is 0 Å². The lowest BCUT2D eigenvalue weighted by molar-refractivity contribution is 0.740. The second-order valence-electron chi connectivity index (χ2n) is 3.33. The molecular weight excluding hydrogens is 204 g/mol. The van der Waals surface area contributed by atoms with E-state index < -0.39 is 0 Å². The van der Waals surface area contributed by atoms with Crippen molar-refractivity contribution >= 4 is 5.82 Å². The highest BCUT2D eigenvalue weighted by molar-refractivity contribution is 5.33. The number of aromatic nitrogens is 2. The second-order valence-corrected chi connectivity index (χ2v) is 3.33. The average molecular weight is 216 g/mol. The third-order valence-corrected chi connectivity index (χ3v) is 2.19. The first-order chi connectivity index (χ1) is 7.79. The number of hydrogen-bond acceptors (Lipinski definition) is 4. The summed E-state index contributed by atoms with van der Waals surface area (Å²) in [5.41, 5.74) is 3.20. The highest BCUT2D eigenvalue weighted by Crippen LogP contribution is 2.03. The van der Waals surface area contributed by atoms with E-state index in [0.717, 1.165) is 5.69 Å². The summed E-state index contributed by atoms with van der Waals surface area (Å²) in [6.07, 6.45) is 1.73. The molecule has 0 amide bonds. The molecule has 2 aromatic heterocycles. The fraction of sp³-hybridized carbons (Fsp3) is 0.0909. The third-order valence-electron chi connectivity index (χ3n) is 2.19. The van der Waals surface area contributed by atoms with Crippen molar-refractivity contribution in [1.29, 1.82) is 0 Å². The van der Waals surface area contributed by atoms with Crippen molar-refractivity contribution < 1.29 is 0 Å². The predicted molar refractivity (Wildman–Crippen MR) is 61.9 cm³/mol. The Morgan fingerprint density at radius 3 is 2.88 bits per heavy atom. The van der Waals surface area contributed by atoms with E-state index in [1.54, 1.807) is 22.9 Å². The smallest absolute Gasteiger partial charge is 0.250 e. The van der Waals surface area contributed by atoms with Gasteiger partial charge >= 0.3 is 0 Å². The van der Waals surface area contributed by atoms with Crippen LogP contribution in [0.2, 0.25) is 0 Å². The maximum atomic E-state index is 11.5. The number of nitrogens with two attached hydrogens (primary N) is 1. The molecule has 5 nitrogen and oxygen atoms in total. The van der Waals surface area contributed by atoms with E-state index in [-0.39, 0.29) is 5.56 Å². The van der Waals surface area contributed by atoms with Crippen LogP contribution >= 0.6 is 0 Å². The van der Waals surface area contributed by atoms with Crippen LogP contribution in [-0.2, 0) is 6.54 Å². The lowest BCUT2D eigenvalue weighted by atomic mass is 10.3. The Morgan fingerprint density at radius 2 is 2.12 bits per heavy atom. The average Bonchev–Trinajstić information content (AvgIpc) is 2.32. The van der Waals surface area contributed by atoms with Gasteiger partial charge in [-0.15, -0.1) is 0 Å². The fourth-order valence-corrected chi connectivity index (χ4v) is 1.41. The summed E-state index contributed by atoms with van der Waals surface area (Å²) in [7, 11) is 0. The molecule has 0 unspecified atom stereocenters. The molecule has 2 heterocycles. The van der Waals surface area contributed by atoms with E-state index in [0.29, 0.717) is 12.4 Å². The highest BCUT2D eigenvalue weighted by atomic mass is 16.1.